The zero-order chi connectivity index (χ0) is 11.5. The van der Waals surface area contributed by atoms with Crippen LogP contribution < -0.4 is 0 Å². The summed E-state index contributed by atoms with van der Waals surface area (Å²) in [5, 5.41) is 18.0. The summed E-state index contributed by atoms with van der Waals surface area (Å²) in [6.07, 6.45) is 0. The molecule has 0 bridgehead atoms. The predicted octanol–water partition coefficient (Wildman–Crippen LogP) is 3.07. The summed E-state index contributed by atoms with van der Waals surface area (Å²) in [5.41, 5.74) is 1.52. The smallest absolute Gasteiger partial charge is 0.125 e. The molecular weight excluding hydrogens is 205 g/mol. The minimum atomic E-state index is -0.461. The molecule has 1 N–H and O–H groups in total. The number of rotatable bonds is 1. The van der Waals surface area contributed by atoms with Crippen molar-refractivity contribution in [3.63, 3.8) is 0 Å². The van der Waals surface area contributed by atoms with Crippen molar-refractivity contribution in [2.24, 2.45) is 0 Å². The number of nitriles is 1. The molecule has 2 nitrogen and oxygen atoms in total. The van der Waals surface area contributed by atoms with Crippen molar-refractivity contribution in [2.75, 3.05) is 0 Å². The van der Waals surface area contributed by atoms with Crippen LogP contribution in [0.25, 0.3) is 11.1 Å². The highest BCUT2D eigenvalue weighted by Gasteiger charge is 2.03. The van der Waals surface area contributed by atoms with Crippen LogP contribution in [0.4, 0.5) is 4.39 Å². The van der Waals surface area contributed by atoms with E-state index in [1.54, 1.807) is 18.2 Å². The molecule has 0 unspecified atom stereocenters. The molecule has 0 heterocycles. The van der Waals surface area contributed by atoms with Crippen molar-refractivity contribution >= 4 is 0 Å². The molecule has 2 aromatic carbocycles. The normalized spacial score (nSPS) is 9.75. The van der Waals surface area contributed by atoms with E-state index in [0.717, 1.165) is 0 Å². The van der Waals surface area contributed by atoms with E-state index in [1.807, 2.05) is 6.07 Å². The van der Waals surface area contributed by atoms with Crippen LogP contribution in [0.1, 0.15) is 5.56 Å². The van der Waals surface area contributed by atoms with Crippen molar-refractivity contribution in [3.05, 3.63) is 53.8 Å². The third-order valence-corrected chi connectivity index (χ3v) is 2.21. The lowest BCUT2D eigenvalue weighted by Crippen LogP contribution is -1.84. The number of hydrogen-bond acceptors (Lipinski definition) is 2. The van der Waals surface area contributed by atoms with Gasteiger partial charge in [0, 0.05) is 0 Å². The molecule has 2 rings (SSSR count). The summed E-state index contributed by atoms with van der Waals surface area (Å²) in [6.45, 7) is 0. The van der Waals surface area contributed by atoms with Crippen LogP contribution in [-0.2, 0) is 0 Å². The van der Waals surface area contributed by atoms with E-state index in [2.05, 4.69) is 0 Å². The maximum Gasteiger partial charge on any atom is 0.125 e. The molecule has 0 aliphatic rings. The Kier molecular flexibility index (Phi) is 2.57. The first-order valence-electron chi connectivity index (χ1n) is 4.69. The van der Waals surface area contributed by atoms with E-state index < -0.39 is 5.82 Å². The average Bonchev–Trinajstić information content (AvgIpc) is 2.28. The van der Waals surface area contributed by atoms with Gasteiger partial charge in [0.2, 0.25) is 0 Å². The summed E-state index contributed by atoms with van der Waals surface area (Å²) in [6, 6.07) is 12.4. The van der Waals surface area contributed by atoms with Gasteiger partial charge in [-0.2, -0.15) is 5.26 Å². The molecule has 0 radical (unpaired) electrons. The molecular formula is C13H8FNO. The van der Waals surface area contributed by atoms with E-state index in [-0.39, 0.29) is 11.3 Å². The first-order chi connectivity index (χ1) is 7.69. The fourth-order valence-electron chi connectivity index (χ4n) is 1.51. The molecule has 0 aromatic heterocycles. The molecule has 16 heavy (non-hydrogen) atoms. The Labute approximate surface area is 92.2 Å². The van der Waals surface area contributed by atoms with Crippen molar-refractivity contribution in [1.29, 1.82) is 5.26 Å². The molecule has 3 heteroatoms. The van der Waals surface area contributed by atoms with E-state index in [9.17, 15) is 9.50 Å². The Balaban J connectivity index is 2.56. The number of benzene rings is 2. The second-order valence-corrected chi connectivity index (χ2v) is 3.39. The van der Waals surface area contributed by atoms with Crippen LogP contribution in [0.5, 0.6) is 5.75 Å². The number of phenolic OH excluding ortho intramolecular Hbond substituents is 1. The van der Waals surface area contributed by atoms with E-state index >= 15 is 0 Å². The number of halogens is 1. The second-order valence-electron chi connectivity index (χ2n) is 3.39. The van der Waals surface area contributed by atoms with E-state index in [4.69, 9.17) is 5.26 Å². The van der Waals surface area contributed by atoms with Crippen molar-refractivity contribution in [3.8, 4) is 22.9 Å². The molecule has 0 atom stereocenters. The van der Waals surface area contributed by atoms with Gasteiger partial charge in [0.1, 0.15) is 11.6 Å². The standard InChI is InChI=1S/C13H8FNO/c14-12-5-9(8-15)4-11(6-12)10-2-1-3-13(16)7-10/h1-7,16H. The van der Waals surface area contributed by atoms with Crippen molar-refractivity contribution < 1.29 is 9.50 Å². The monoisotopic (exact) mass is 213 g/mol. The second kappa shape index (κ2) is 4.03. The van der Waals surface area contributed by atoms with Gasteiger partial charge in [0.15, 0.2) is 0 Å². The minimum absolute atomic E-state index is 0.111. The number of aromatic hydroxyl groups is 1. The lowest BCUT2D eigenvalue weighted by Gasteiger charge is -2.03. The van der Waals surface area contributed by atoms with Crippen LogP contribution in [0.3, 0.4) is 0 Å². The Hall–Kier alpha value is -2.34. The Morgan fingerprint density at radius 1 is 1.06 bits per heavy atom. The van der Waals surface area contributed by atoms with Gasteiger partial charge >= 0.3 is 0 Å². The number of hydrogen-bond donors (Lipinski definition) is 1. The lowest BCUT2D eigenvalue weighted by atomic mass is 10.0. The van der Waals surface area contributed by atoms with Gasteiger partial charge in [-0.05, 0) is 41.5 Å². The van der Waals surface area contributed by atoms with E-state index in [1.165, 1.54) is 24.3 Å². The summed E-state index contributed by atoms with van der Waals surface area (Å²) in [7, 11) is 0. The van der Waals surface area contributed by atoms with Gasteiger partial charge in [-0.15, -0.1) is 0 Å². The van der Waals surface area contributed by atoms with Gasteiger partial charge in [-0.3, -0.25) is 0 Å². The zero-order valence-corrected chi connectivity index (χ0v) is 8.31. The van der Waals surface area contributed by atoms with Gasteiger partial charge in [-0.1, -0.05) is 12.1 Å². The van der Waals surface area contributed by atoms with Crippen LogP contribution in [-0.4, -0.2) is 5.11 Å². The highest BCUT2D eigenvalue weighted by Crippen LogP contribution is 2.24. The molecule has 0 amide bonds. The zero-order valence-electron chi connectivity index (χ0n) is 8.31. The highest BCUT2D eigenvalue weighted by atomic mass is 19.1. The van der Waals surface area contributed by atoms with Crippen LogP contribution >= 0.6 is 0 Å². The first kappa shape index (κ1) is 10.2. The molecule has 0 spiro atoms. The van der Waals surface area contributed by atoms with E-state index in [0.29, 0.717) is 11.1 Å². The molecule has 78 valence electrons. The molecule has 0 aliphatic heterocycles. The van der Waals surface area contributed by atoms with Gasteiger partial charge in [0.25, 0.3) is 0 Å². The maximum atomic E-state index is 13.2. The topological polar surface area (TPSA) is 44.0 Å². The molecule has 0 saturated carbocycles. The van der Waals surface area contributed by atoms with Crippen LogP contribution in [0.2, 0.25) is 0 Å². The van der Waals surface area contributed by atoms with Crippen LogP contribution in [0, 0.1) is 17.1 Å². The molecule has 2 aromatic rings. The number of phenols is 1. The Morgan fingerprint density at radius 3 is 2.56 bits per heavy atom. The largest absolute Gasteiger partial charge is 0.508 e. The van der Waals surface area contributed by atoms with Gasteiger partial charge < -0.3 is 5.11 Å². The molecule has 0 fully saturated rings. The van der Waals surface area contributed by atoms with Crippen molar-refractivity contribution in [2.45, 2.75) is 0 Å². The third-order valence-electron chi connectivity index (χ3n) is 2.21. The fourth-order valence-corrected chi connectivity index (χ4v) is 1.51. The SMILES string of the molecule is N#Cc1cc(F)cc(-c2cccc(O)c2)c1. The average molecular weight is 213 g/mol. The summed E-state index contributed by atoms with van der Waals surface area (Å²) in [5.74, 6) is -0.349. The first-order valence-corrected chi connectivity index (χ1v) is 4.69. The summed E-state index contributed by atoms with van der Waals surface area (Å²) in [4.78, 5) is 0. The maximum absolute atomic E-state index is 13.2. The predicted molar refractivity (Wildman–Crippen MR) is 58.2 cm³/mol. The van der Waals surface area contributed by atoms with Crippen molar-refractivity contribution in [1.82, 2.24) is 0 Å². The molecule has 0 aliphatic carbocycles. The quantitative estimate of drug-likeness (QED) is 0.791. The van der Waals surface area contributed by atoms with Gasteiger partial charge in [-0.25, -0.2) is 4.39 Å². The lowest BCUT2D eigenvalue weighted by molar-refractivity contribution is 0.475. The highest BCUT2D eigenvalue weighted by molar-refractivity contribution is 5.66. The minimum Gasteiger partial charge on any atom is -0.508 e. The number of nitrogens with zero attached hydrogens (tertiary/aromatic N) is 1. The molecule has 0 saturated heterocycles. The Bertz CT molecular complexity index is 572. The summed E-state index contributed by atoms with van der Waals surface area (Å²) >= 11 is 0. The third kappa shape index (κ3) is 2.01. The fraction of sp³-hybridized carbons (Fsp3) is 0. The van der Waals surface area contributed by atoms with Gasteiger partial charge in [0.05, 0.1) is 11.6 Å². The Morgan fingerprint density at radius 2 is 1.88 bits per heavy atom. The van der Waals surface area contributed by atoms with Crippen LogP contribution in [0.15, 0.2) is 42.5 Å². The summed E-state index contributed by atoms with van der Waals surface area (Å²) < 4.78 is 13.2.